The maximum atomic E-state index is 12.1. The second-order valence-electron chi connectivity index (χ2n) is 5.50. The highest BCUT2D eigenvalue weighted by atomic mass is 32.1. The fourth-order valence-electron chi connectivity index (χ4n) is 2.95. The first-order valence-corrected chi connectivity index (χ1v) is 8.17. The van der Waals surface area contributed by atoms with E-state index < -0.39 is 0 Å². The molecule has 0 aliphatic heterocycles. The van der Waals surface area contributed by atoms with Gasteiger partial charge in [0.1, 0.15) is 5.69 Å². The molecule has 0 saturated heterocycles. The minimum atomic E-state index is -0.105. The lowest BCUT2D eigenvalue weighted by molar-refractivity contribution is 0.0921. The van der Waals surface area contributed by atoms with Gasteiger partial charge in [0.05, 0.1) is 0 Å². The van der Waals surface area contributed by atoms with E-state index in [4.69, 9.17) is 5.73 Å². The molecule has 1 fully saturated rings. The van der Waals surface area contributed by atoms with E-state index in [-0.39, 0.29) is 11.9 Å². The van der Waals surface area contributed by atoms with Crippen molar-refractivity contribution in [3.05, 3.63) is 47.0 Å². The predicted molar refractivity (Wildman–Crippen MR) is 85.4 cm³/mol. The van der Waals surface area contributed by atoms with Gasteiger partial charge in [-0.3, -0.25) is 4.79 Å². The summed E-state index contributed by atoms with van der Waals surface area (Å²) in [5, 5.41) is 5.22. The summed E-state index contributed by atoms with van der Waals surface area (Å²) in [6.07, 6.45) is 4.28. The van der Waals surface area contributed by atoms with Crippen molar-refractivity contribution in [1.82, 2.24) is 10.3 Å². The summed E-state index contributed by atoms with van der Waals surface area (Å²) in [6, 6.07) is 10.9. The normalized spacial score (nSPS) is 21.9. The number of aromatic nitrogens is 1. The number of benzene rings is 1. The van der Waals surface area contributed by atoms with Gasteiger partial charge in [-0.15, -0.1) is 11.3 Å². The second kappa shape index (κ2) is 6.26. The number of nitrogens with one attached hydrogen (secondary N) is 1. The first-order valence-electron chi connectivity index (χ1n) is 7.29. The number of carbonyl (C=O) groups is 1. The first kappa shape index (κ1) is 14.1. The molecule has 0 bridgehead atoms. The van der Waals surface area contributed by atoms with E-state index in [2.05, 4.69) is 40.6 Å². The lowest BCUT2D eigenvalue weighted by Gasteiger charge is -2.29. The summed E-state index contributed by atoms with van der Waals surface area (Å²) in [4.78, 5) is 16.1. The van der Waals surface area contributed by atoms with Gasteiger partial charge in [-0.25, -0.2) is 4.98 Å². The minimum Gasteiger partial charge on any atom is -0.375 e. The molecule has 0 radical (unpaired) electrons. The van der Waals surface area contributed by atoms with Crippen LogP contribution >= 0.6 is 11.3 Å². The van der Waals surface area contributed by atoms with E-state index in [0.29, 0.717) is 16.7 Å². The molecule has 5 heteroatoms. The Morgan fingerprint density at radius 3 is 2.52 bits per heavy atom. The summed E-state index contributed by atoms with van der Waals surface area (Å²) in [5.74, 6) is 0.514. The van der Waals surface area contributed by atoms with Gasteiger partial charge >= 0.3 is 0 Å². The molecule has 21 heavy (non-hydrogen) atoms. The van der Waals surface area contributed by atoms with Crippen molar-refractivity contribution in [1.29, 1.82) is 0 Å². The number of thiazole rings is 1. The average molecular weight is 301 g/mol. The van der Waals surface area contributed by atoms with Crippen LogP contribution in [0.5, 0.6) is 0 Å². The molecular formula is C16H19N3OS. The van der Waals surface area contributed by atoms with Crippen LogP contribution < -0.4 is 11.1 Å². The quantitative estimate of drug-likeness (QED) is 0.915. The van der Waals surface area contributed by atoms with Gasteiger partial charge in [0.25, 0.3) is 5.91 Å². The summed E-state index contributed by atoms with van der Waals surface area (Å²) in [5.41, 5.74) is 7.40. The Hall–Kier alpha value is -1.88. The monoisotopic (exact) mass is 301 g/mol. The van der Waals surface area contributed by atoms with Gasteiger partial charge in [0.2, 0.25) is 0 Å². The van der Waals surface area contributed by atoms with Gasteiger partial charge in [-0.2, -0.15) is 0 Å². The Morgan fingerprint density at radius 2 is 1.90 bits per heavy atom. The Morgan fingerprint density at radius 1 is 1.19 bits per heavy atom. The Balaban J connectivity index is 1.53. The molecule has 3 rings (SSSR count). The van der Waals surface area contributed by atoms with Crippen molar-refractivity contribution in [3.63, 3.8) is 0 Å². The van der Waals surface area contributed by atoms with Gasteiger partial charge in [-0.05, 0) is 37.2 Å². The Labute approximate surface area is 128 Å². The predicted octanol–water partition coefficient (Wildman–Crippen LogP) is 3.18. The zero-order valence-corrected chi connectivity index (χ0v) is 12.6. The first-order chi connectivity index (χ1) is 10.2. The second-order valence-corrected chi connectivity index (χ2v) is 6.39. The van der Waals surface area contributed by atoms with Crippen LogP contribution in [0.3, 0.4) is 0 Å². The van der Waals surface area contributed by atoms with E-state index in [1.807, 2.05) is 0 Å². The van der Waals surface area contributed by atoms with Crippen molar-refractivity contribution in [3.8, 4) is 0 Å². The molecule has 4 nitrogen and oxygen atoms in total. The molecule has 1 heterocycles. The van der Waals surface area contributed by atoms with E-state index in [1.54, 1.807) is 5.38 Å². The van der Waals surface area contributed by atoms with Crippen molar-refractivity contribution in [2.24, 2.45) is 0 Å². The summed E-state index contributed by atoms with van der Waals surface area (Å²) in [7, 11) is 0. The third-order valence-corrected chi connectivity index (χ3v) is 4.76. The van der Waals surface area contributed by atoms with E-state index >= 15 is 0 Å². The molecule has 0 unspecified atom stereocenters. The SMILES string of the molecule is Nc1nc(C(=O)NC2CCC(c3ccccc3)CC2)cs1. The fraction of sp³-hybridized carbons (Fsp3) is 0.375. The number of amides is 1. The fourth-order valence-corrected chi connectivity index (χ4v) is 3.49. The largest absolute Gasteiger partial charge is 0.375 e. The number of nitrogen functional groups attached to an aromatic ring is 1. The maximum absolute atomic E-state index is 12.1. The van der Waals surface area contributed by atoms with Crippen molar-refractivity contribution in [2.75, 3.05) is 5.73 Å². The zero-order valence-electron chi connectivity index (χ0n) is 11.8. The van der Waals surface area contributed by atoms with Crippen molar-refractivity contribution < 1.29 is 4.79 Å². The molecule has 0 spiro atoms. The maximum Gasteiger partial charge on any atom is 0.271 e. The standard InChI is InChI=1S/C16H19N3OS/c17-16-19-14(10-21-16)15(20)18-13-8-6-12(7-9-13)11-4-2-1-3-5-11/h1-5,10,12-13H,6-9H2,(H2,17,19)(H,18,20). The smallest absolute Gasteiger partial charge is 0.271 e. The van der Waals surface area contributed by atoms with Crippen LogP contribution in [0.4, 0.5) is 5.13 Å². The van der Waals surface area contributed by atoms with E-state index in [9.17, 15) is 4.79 Å². The van der Waals surface area contributed by atoms with Crippen LogP contribution in [-0.4, -0.2) is 16.9 Å². The van der Waals surface area contributed by atoms with Crippen LogP contribution in [0.25, 0.3) is 0 Å². The van der Waals surface area contributed by atoms with Crippen LogP contribution in [-0.2, 0) is 0 Å². The Bertz CT molecular complexity index is 603. The summed E-state index contributed by atoms with van der Waals surface area (Å²) < 4.78 is 0. The topological polar surface area (TPSA) is 68.0 Å². The van der Waals surface area contributed by atoms with E-state index in [1.165, 1.54) is 16.9 Å². The molecule has 1 aromatic heterocycles. The number of anilines is 1. The molecule has 0 atom stereocenters. The molecule has 1 aliphatic rings. The van der Waals surface area contributed by atoms with E-state index in [0.717, 1.165) is 25.7 Å². The molecule has 1 aliphatic carbocycles. The van der Waals surface area contributed by atoms with Gasteiger partial charge in [-0.1, -0.05) is 30.3 Å². The molecule has 3 N–H and O–H groups in total. The third kappa shape index (κ3) is 3.42. The van der Waals surface area contributed by atoms with Crippen LogP contribution in [0.2, 0.25) is 0 Å². The summed E-state index contributed by atoms with van der Waals surface area (Å²) in [6.45, 7) is 0. The summed E-state index contributed by atoms with van der Waals surface area (Å²) >= 11 is 1.30. The average Bonchev–Trinajstić information content (AvgIpc) is 2.96. The number of hydrogen-bond acceptors (Lipinski definition) is 4. The molecule has 1 saturated carbocycles. The van der Waals surface area contributed by atoms with Crippen LogP contribution in [0.15, 0.2) is 35.7 Å². The van der Waals surface area contributed by atoms with Gasteiger partial charge in [0, 0.05) is 11.4 Å². The molecule has 2 aromatic rings. The number of rotatable bonds is 3. The highest BCUT2D eigenvalue weighted by Gasteiger charge is 2.24. The van der Waals surface area contributed by atoms with Crippen molar-refractivity contribution in [2.45, 2.75) is 37.6 Å². The molecular weight excluding hydrogens is 282 g/mol. The van der Waals surface area contributed by atoms with Crippen LogP contribution in [0.1, 0.15) is 47.7 Å². The lowest BCUT2D eigenvalue weighted by Crippen LogP contribution is -2.37. The van der Waals surface area contributed by atoms with Crippen LogP contribution in [0, 0.1) is 0 Å². The molecule has 110 valence electrons. The highest BCUT2D eigenvalue weighted by Crippen LogP contribution is 2.32. The van der Waals surface area contributed by atoms with Crippen molar-refractivity contribution >= 4 is 22.4 Å². The third-order valence-electron chi connectivity index (χ3n) is 4.09. The highest BCUT2D eigenvalue weighted by molar-refractivity contribution is 7.13. The van der Waals surface area contributed by atoms with Gasteiger partial charge < -0.3 is 11.1 Å². The number of nitrogens with zero attached hydrogens (tertiary/aromatic N) is 1. The number of hydrogen-bond donors (Lipinski definition) is 2. The number of carbonyl (C=O) groups excluding carboxylic acids is 1. The molecule has 1 amide bonds. The minimum absolute atomic E-state index is 0.105. The lowest BCUT2D eigenvalue weighted by atomic mass is 9.82. The zero-order chi connectivity index (χ0) is 14.7. The van der Waals surface area contributed by atoms with Gasteiger partial charge in [0.15, 0.2) is 5.13 Å². The molecule has 1 aromatic carbocycles. The number of nitrogens with two attached hydrogens (primary N) is 1. The Kier molecular flexibility index (Phi) is 4.20.